The lowest BCUT2D eigenvalue weighted by Crippen LogP contribution is -2.21. The van der Waals surface area contributed by atoms with E-state index < -0.39 is 11.8 Å². The van der Waals surface area contributed by atoms with Crippen molar-refractivity contribution < 1.29 is 14.3 Å². The molecule has 0 unspecified atom stereocenters. The van der Waals surface area contributed by atoms with Crippen LogP contribution in [0.15, 0.2) is 42.5 Å². The molecule has 0 bridgehead atoms. The van der Waals surface area contributed by atoms with Gasteiger partial charge < -0.3 is 4.74 Å². The number of carbonyl (C=O) groups excluding carboxylic acids is 2. The molecule has 0 N–H and O–H groups in total. The first kappa shape index (κ1) is 14.3. The summed E-state index contributed by atoms with van der Waals surface area (Å²) >= 11 is 0. The fourth-order valence-electron chi connectivity index (χ4n) is 2.03. The Balaban J connectivity index is 1.98. The summed E-state index contributed by atoms with van der Waals surface area (Å²) in [5.41, 5.74) is 1.05. The van der Waals surface area contributed by atoms with Gasteiger partial charge in [-0.15, -0.1) is 0 Å². The lowest BCUT2D eigenvalue weighted by molar-refractivity contribution is -0.156. The Morgan fingerprint density at radius 2 is 1.75 bits per heavy atom. The third-order valence-electron chi connectivity index (χ3n) is 3.03. The van der Waals surface area contributed by atoms with Gasteiger partial charge in [0.25, 0.3) is 0 Å². The molecule has 0 atom stereocenters. The lowest BCUT2D eigenvalue weighted by atomic mass is 10.0. The highest BCUT2D eigenvalue weighted by Gasteiger charge is 2.16. The average molecular weight is 270 g/mol. The third kappa shape index (κ3) is 3.67. The van der Waals surface area contributed by atoms with Crippen LogP contribution in [0.5, 0.6) is 0 Å². The number of carbonyl (C=O) groups is 2. The maximum Gasteiger partial charge on any atom is 0.374 e. The van der Waals surface area contributed by atoms with Crippen LogP contribution in [0.25, 0.3) is 10.8 Å². The number of benzene rings is 2. The van der Waals surface area contributed by atoms with E-state index in [1.54, 1.807) is 13.8 Å². The number of fused-ring (bicyclic) bond motifs is 1. The molecule has 0 amide bonds. The second-order valence-corrected chi connectivity index (χ2v) is 5.06. The number of Topliss-reactive ketones (excluding diaryl/α,β-unsaturated/α-hetero) is 1. The van der Waals surface area contributed by atoms with Crippen LogP contribution in [-0.2, 0) is 20.7 Å². The van der Waals surface area contributed by atoms with Crippen molar-refractivity contribution in [3.63, 3.8) is 0 Å². The molecule has 0 radical (unpaired) electrons. The molecule has 0 spiro atoms. The summed E-state index contributed by atoms with van der Waals surface area (Å²) in [6, 6.07) is 14.1. The molecule has 0 heterocycles. The average Bonchev–Trinajstić information content (AvgIpc) is 2.43. The smallest absolute Gasteiger partial charge is 0.374 e. The molecule has 0 aliphatic heterocycles. The van der Waals surface area contributed by atoms with E-state index in [1.165, 1.54) is 5.39 Å². The van der Waals surface area contributed by atoms with E-state index in [0.29, 0.717) is 6.42 Å². The zero-order valence-corrected chi connectivity index (χ0v) is 11.8. The zero-order valence-electron chi connectivity index (χ0n) is 11.8. The van der Waals surface area contributed by atoms with Crippen molar-refractivity contribution in [2.75, 3.05) is 0 Å². The molecule has 20 heavy (non-hydrogen) atoms. The van der Waals surface area contributed by atoms with Crippen LogP contribution in [0.2, 0.25) is 0 Å². The number of aryl methyl sites for hydroxylation is 1. The first-order valence-electron chi connectivity index (χ1n) is 6.78. The number of hydrogen-bond acceptors (Lipinski definition) is 3. The van der Waals surface area contributed by atoms with Gasteiger partial charge in [-0.1, -0.05) is 42.5 Å². The van der Waals surface area contributed by atoms with Crippen molar-refractivity contribution in [1.82, 2.24) is 0 Å². The Hall–Kier alpha value is -2.16. The molecule has 2 aromatic carbocycles. The predicted octanol–water partition coefficient (Wildman–Crippen LogP) is 3.29. The quantitative estimate of drug-likeness (QED) is 0.618. The van der Waals surface area contributed by atoms with Crippen LogP contribution >= 0.6 is 0 Å². The van der Waals surface area contributed by atoms with Gasteiger partial charge >= 0.3 is 5.97 Å². The fourth-order valence-corrected chi connectivity index (χ4v) is 2.03. The molecule has 0 aliphatic carbocycles. The summed E-state index contributed by atoms with van der Waals surface area (Å²) in [5.74, 6) is -1.20. The molecule has 104 valence electrons. The van der Waals surface area contributed by atoms with Crippen molar-refractivity contribution in [2.24, 2.45) is 0 Å². The lowest BCUT2D eigenvalue weighted by Gasteiger charge is -2.07. The molecular formula is C17H18O3. The number of ketones is 1. The number of esters is 1. The molecule has 0 fully saturated rings. The minimum Gasteiger partial charge on any atom is -0.457 e. The van der Waals surface area contributed by atoms with E-state index in [4.69, 9.17) is 4.74 Å². The molecule has 3 nitrogen and oxygen atoms in total. The topological polar surface area (TPSA) is 43.4 Å². The Morgan fingerprint density at radius 3 is 2.45 bits per heavy atom. The first-order valence-corrected chi connectivity index (χ1v) is 6.78. The third-order valence-corrected chi connectivity index (χ3v) is 3.03. The fraction of sp³-hybridized carbons (Fsp3) is 0.294. The van der Waals surface area contributed by atoms with Gasteiger partial charge in [0.2, 0.25) is 5.78 Å². The predicted molar refractivity (Wildman–Crippen MR) is 78.5 cm³/mol. The van der Waals surface area contributed by atoms with Crippen LogP contribution in [0.4, 0.5) is 0 Å². The van der Waals surface area contributed by atoms with E-state index in [1.807, 2.05) is 36.4 Å². The van der Waals surface area contributed by atoms with Crippen LogP contribution in [-0.4, -0.2) is 17.9 Å². The minimum atomic E-state index is -0.735. The van der Waals surface area contributed by atoms with Gasteiger partial charge in [-0.3, -0.25) is 4.79 Å². The van der Waals surface area contributed by atoms with Crippen molar-refractivity contribution in [2.45, 2.75) is 32.8 Å². The van der Waals surface area contributed by atoms with Gasteiger partial charge in [0.15, 0.2) is 0 Å². The molecule has 0 aliphatic rings. The number of ether oxygens (including phenoxy) is 1. The van der Waals surface area contributed by atoms with Gasteiger partial charge in [0, 0.05) is 6.42 Å². The van der Waals surface area contributed by atoms with Crippen molar-refractivity contribution in [1.29, 1.82) is 0 Å². The monoisotopic (exact) mass is 270 g/mol. The van der Waals surface area contributed by atoms with Crippen LogP contribution in [0, 0.1) is 0 Å². The minimum absolute atomic E-state index is 0.184. The Bertz CT molecular complexity index is 629. The maximum atomic E-state index is 11.6. The first-order chi connectivity index (χ1) is 9.56. The molecule has 0 saturated carbocycles. The normalized spacial score (nSPS) is 10.8. The maximum absolute atomic E-state index is 11.6. The Morgan fingerprint density at radius 1 is 1.05 bits per heavy atom. The van der Waals surface area contributed by atoms with Crippen molar-refractivity contribution in [3.8, 4) is 0 Å². The Kier molecular flexibility index (Phi) is 4.51. The second kappa shape index (κ2) is 6.33. The van der Waals surface area contributed by atoms with E-state index in [9.17, 15) is 9.59 Å². The summed E-state index contributed by atoms with van der Waals surface area (Å²) in [4.78, 5) is 23.1. The molecule has 0 aromatic heterocycles. The highest BCUT2D eigenvalue weighted by atomic mass is 16.5. The molecule has 3 heteroatoms. The number of hydrogen-bond donors (Lipinski definition) is 0. The van der Waals surface area contributed by atoms with Crippen molar-refractivity contribution >= 4 is 22.5 Å². The van der Waals surface area contributed by atoms with Gasteiger partial charge in [-0.25, -0.2) is 4.79 Å². The van der Waals surface area contributed by atoms with Crippen LogP contribution in [0.1, 0.15) is 25.8 Å². The van der Waals surface area contributed by atoms with E-state index in [0.717, 1.165) is 10.9 Å². The van der Waals surface area contributed by atoms with Gasteiger partial charge in [0.05, 0.1) is 6.10 Å². The van der Waals surface area contributed by atoms with E-state index >= 15 is 0 Å². The molecular weight excluding hydrogens is 252 g/mol. The van der Waals surface area contributed by atoms with Crippen LogP contribution < -0.4 is 0 Å². The van der Waals surface area contributed by atoms with E-state index in [2.05, 4.69) is 6.07 Å². The Labute approximate surface area is 118 Å². The number of rotatable bonds is 5. The SMILES string of the molecule is CC(C)OC(=O)C(=O)CCc1ccc2ccccc2c1. The van der Waals surface area contributed by atoms with Crippen molar-refractivity contribution in [3.05, 3.63) is 48.0 Å². The molecule has 2 aromatic rings. The summed E-state index contributed by atoms with van der Waals surface area (Å²) in [6.07, 6.45) is 0.480. The summed E-state index contributed by atoms with van der Waals surface area (Å²) in [6.45, 7) is 3.46. The standard InChI is InChI=1S/C17H18O3/c1-12(2)20-17(19)16(18)10-8-13-7-9-14-5-3-4-6-15(14)11-13/h3-7,9,11-12H,8,10H2,1-2H3. The molecule has 0 saturated heterocycles. The van der Waals surface area contributed by atoms with Gasteiger partial charge in [-0.05, 0) is 36.6 Å². The van der Waals surface area contributed by atoms with Gasteiger partial charge in [0.1, 0.15) is 0 Å². The van der Waals surface area contributed by atoms with E-state index in [-0.39, 0.29) is 12.5 Å². The summed E-state index contributed by atoms with van der Waals surface area (Å²) in [5, 5.41) is 2.31. The molecule has 2 rings (SSSR count). The van der Waals surface area contributed by atoms with Gasteiger partial charge in [-0.2, -0.15) is 0 Å². The summed E-state index contributed by atoms with van der Waals surface area (Å²) in [7, 11) is 0. The zero-order chi connectivity index (χ0) is 14.5. The van der Waals surface area contributed by atoms with Crippen LogP contribution in [0.3, 0.4) is 0 Å². The summed E-state index contributed by atoms with van der Waals surface area (Å²) < 4.78 is 4.88. The highest BCUT2D eigenvalue weighted by Crippen LogP contribution is 2.16. The highest BCUT2D eigenvalue weighted by molar-refractivity contribution is 6.33. The largest absolute Gasteiger partial charge is 0.457 e. The second-order valence-electron chi connectivity index (χ2n) is 5.06.